The Labute approximate surface area is 170 Å². The number of fused-ring (bicyclic) bond motifs is 1. The average molecular weight is 408 g/mol. The summed E-state index contributed by atoms with van der Waals surface area (Å²) in [5.41, 5.74) is 1.08. The molecule has 3 amide bonds. The van der Waals surface area contributed by atoms with E-state index in [0.29, 0.717) is 29.2 Å². The van der Waals surface area contributed by atoms with Crippen molar-refractivity contribution in [2.45, 2.75) is 38.3 Å². The molecule has 152 valence electrons. The van der Waals surface area contributed by atoms with Crippen molar-refractivity contribution < 1.29 is 19.1 Å². The largest absolute Gasteiger partial charge is 0.376 e. The molecule has 3 unspecified atom stereocenters. The van der Waals surface area contributed by atoms with Gasteiger partial charge in [-0.25, -0.2) is 0 Å². The van der Waals surface area contributed by atoms with E-state index >= 15 is 0 Å². The number of halogens is 1. The van der Waals surface area contributed by atoms with E-state index in [1.54, 1.807) is 18.2 Å². The summed E-state index contributed by atoms with van der Waals surface area (Å²) in [4.78, 5) is 39.2. The SMILES string of the molecule is CC1CCNCC1NC(=O)c1ccc2c(c1)C(=O)N(CC1CCCO1)C2=O.Cl. The minimum absolute atomic E-state index is 0. The van der Waals surface area contributed by atoms with Gasteiger partial charge in [0.1, 0.15) is 0 Å². The molecular formula is C20H26ClN3O4. The molecule has 0 aromatic heterocycles. The van der Waals surface area contributed by atoms with Crippen molar-refractivity contribution in [2.24, 2.45) is 5.92 Å². The van der Waals surface area contributed by atoms with E-state index in [-0.39, 0.29) is 48.8 Å². The highest BCUT2D eigenvalue weighted by molar-refractivity contribution is 6.22. The molecule has 3 aliphatic rings. The van der Waals surface area contributed by atoms with Gasteiger partial charge in [-0.15, -0.1) is 12.4 Å². The number of nitrogens with zero attached hydrogens (tertiary/aromatic N) is 1. The van der Waals surface area contributed by atoms with Crippen molar-refractivity contribution in [3.8, 4) is 0 Å². The van der Waals surface area contributed by atoms with Crippen LogP contribution in [0.25, 0.3) is 0 Å². The van der Waals surface area contributed by atoms with E-state index in [1.165, 1.54) is 4.90 Å². The predicted octanol–water partition coefficient (Wildman–Crippen LogP) is 1.61. The molecule has 0 radical (unpaired) electrons. The number of benzene rings is 1. The lowest BCUT2D eigenvalue weighted by Gasteiger charge is -2.30. The summed E-state index contributed by atoms with van der Waals surface area (Å²) in [7, 11) is 0. The van der Waals surface area contributed by atoms with Crippen LogP contribution in [-0.4, -0.2) is 61.0 Å². The fraction of sp³-hybridized carbons (Fsp3) is 0.550. The Hall–Kier alpha value is -1.96. The minimum atomic E-state index is -0.340. The third-order valence-corrected chi connectivity index (χ3v) is 5.79. The highest BCUT2D eigenvalue weighted by Gasteiger charge is 2.38. The highest BCUT2D eigenvalue weighted by atomic mass is 35.5. The van der Waals surface area contributed by atoms with E-state index in [1.807, 2.05) is 0 Å². The molecule has 0 spiro atoms. The fourth-order valence-electron chi connectivity index (χ4n) is 4.02. The number of nitrogens with one attached hydrogen (secondary N) is 2. The van der Waals surface area contributed by atoms with Crippen LogP contribution >= 0.6 is 12.4 Å². The third kappa shape index (κ3) is 3.92. The molecule has 1 aromatic rings. The van der Waals surface area contributed by atoms with Crippen LogP contribution in [-0.2, 0) is 4.74 Å². The molecule has 3 aliphatic heterocycles. The Morgan fingerprint density at radius 3 is 2.75 bits per heavy atom. The molecule has 7 nitrogen and oxygen atoms in total. The third-order valence-electron chi connectivity index (χ3n) is 5.79. The quantitative estimate of drug-likeness (QED) is 0.740. The first-order chi connectivity index (χ1) is 13.0. The predicted molar refractivity (Wildman–Crippen MR) is 106 cm³/mol. The van der Waals surface area contributed by atoms with E-state index < -0.39 is 0 Å². The highest BCUT2D eigenvalue weighted by Crippen LogP contribution is 2.26. The molecule has 4 rings (SSSR count). The Bertz CT molecular complexity index is 779. The molecule has 28 heavy (non-hydrogen) atoms. The van der Waals surface area contributed by atoms with Gasteiger partial charge in [-0.2, -0.15) is 0 Å². The Kier molecular flexibility index (Phi) is 6.37. The zero-order chi connectivity index (χ0) is 19.0. The van der Waals surface area contributed by atoms with Gasteiger partial charge in [0.05, 0.1) is 23.8 Å². The number of imide groups is 1. The van der Waals surface area contributed by atoms with Crippen LogP contribution in [0.4, 0.5) is 0 Å². The van der Waals surface area contributed by atoms with Crippen molar-refractivity contribution >= 4 is 30.1 Å². The zero-order valence-electron chi connectivity index (χ0n) is 15.9. The van der Waals surface area contributed by atoms with E-state index in [0.717, 1.165) is 32.4 Å². The van der Waals surface area contributed by atoms with Crippen LogP contribution in [0.3, 0.4) is 0 Å². The maximum atomic E-state index is 12.7. The first kappa shape index (κ1) is 20.8. The van der Waals surface area contributed by atoms with Crippen molar-refractivity contribution in [1.82, 2.24) is 15.5 Å². The lowest BCUT2D eigenvalue weighted by atomic mass is 9.94. The second-order valence-corrected chi connectivity index (χ2v) is 7.67. The van der Waals surface area contributed by atoms with Crippen molar-refractivity contribution in [1.29, 1.82) is 0 Å². The molecule has 0 saturated carbocycles. The zero-order valence-corrected chi connectivity index (χ0v) is 16.7. The maximum absolute atomic E-state index is 12.7. The maximum Gasteiger partial charge on any atom is 0.261 e. The van der Waals surface area contributed by atoms with Crippen LogP contribution in [0.5, 0.6) is 0 Å². The molecule has 0 bridgehead atoms. The summed E-state index contributed by atoms with van der Waals surface area (Å²) in [6.07, 6.45) is 2.73. The molecule has 8 heteroatoms. The van der Waals surface area contributed by atoms with Crippen LogP contribution in [0, 0.1) is 5.92 Å². The van der Waals surface area contributed by atoms with Gasteiger partial charge in [0.25, 0.3) is 17.7 Å². The van der Waals surface area contributed by atoms with Gasteiger partial charge >= 0.3 is 0 Å². The number of carbonyl (C=O) groups excluding carboxylic acids is 3. The van der Waals surface area contributed by atoms with Crippen LogP contribution in [0.15, 0.2) is 18.2 Å². The minimum Gasteiger partial charge on any atom is -0.376 e. The normalized spacial score (nSPS) is 26.8. The number of hydrogen-bond acceptors (Lipinski definition) is 5. The van der Waals surface area contributed by atoms with Gasteiger partial charge in [-0.1, -0.05) is 6.92 Å². The summed E-state index contributed by atoms with van der Waals surface area (Å²) in [5.74, 6) is -0.457. The lowest BCUT2D eigenvalue weighted by molar-refractivity contribution is 0.0475. The topological polar surface area (TPSA) is 87.7 Å². The summed E-state index contributed by atoms with van der Waals surface area (Å²) in [6, 6.07) is 4.81. The van der Waals surface area contributed by atoms with E-state index in [4.69, 9.17) is 4.74 Å². The number of amides is 3. The van der Waals surface area contributed by atoms with Gasteiger partial charge in [0.15, 0.2) is 0 Å². The van der Waals surface area contributed by atoms with Crippen LogP contribution in [0.1, 0.15) is 57.3 Å². The van der Waals surface area contributed by atoms with E-state index in [2.05, 4.69) is 17.6 Å². The first-order valence-electron chi connectivity index (χ1n) is 9.68. The summed E-state index contributed by atoms with van der Waals surface area (Å²) >= 11 is 0. The van der Waals surface area contributed by atoms with Crippen molar-refractivity contribution in [2.75, 3.05) is 26.2 Å². The fourth-order valence-corrected chi connectivity index (χ4v) is 4.02. The van der Waals surface area contributed by atoms with Crippen molar-refractivity contribution in [3.05, 3.63) is 34.9 Å². The number of piperidine rings is 1. The Morgan fingerprint density at radius 2 is 2.04 bits per heavy atom. The number of rotatable bonds is 4. The second kappa shape index (κ2) is 8.59. The molecule has 3 atom stereocenters. The van der Waals surface area contributed by atoms with Gasteiger partial charge in [0.2, 0.25) is 0 Å². The molecule has 2 saturated heterocycles. The van der Waals surface area contributed by atoms with Crippen molar-refractivity contribution in [3.63, 3.8) is 0 Å². The number of carbonyl (C=O) groups is 3. The molecule has 2 fully saturated rings. The van der Waals surface area contributed by atoms with Gasteiger partial charge < -0.3 is 15.4 Å². The average Bonchev–Trinajstić information content (AvgIpc) is 3.26. The first-order valence-corrected chi connectivity index (χ1v) is 9.68. The van der Waals surface area contributed by atoms with Gasteiger partial charge in [-0.05, 0) is 49.9 Å². The Balaban J connectivity index is 0.00000225. The summed E-state index contributed by atoms with van der Waals surface area (Å²) in [6.45, 7) is 4.78. The Morgan fingerprint density at radius 1 is 1.25 bits per heavy atom. The number of hydrogen-bond donors (Lipinski definition) is 2. The van der Waals surface area contributed by atoms with Crippen LogP contribution in [0.2, 0.25) is 0 Å². The molecule has 2 N–H and O–H groups in total. The summed E-state index contributed by atoms with van der Waals surface area (Å²) in [5, 5.41) is 6.33. The molecular weight excluding hydrogens is 382 g/mol. The molecule has 3 heterocycles. The van der Waals surface area contributed by atoms with Gasteiger partial charge in [-0.3, -0.25) is 19.3 Å². The second-order valence-electron chi connectivity index (χ2n) is 7.67. The standard InChI is InChI=1S/C20H25N3O4.ClH/c1-12-6-7-21-10-17(12)22-18(24)13-4-5-15-16(9-13)20(26)23(19(15)25)11-14-3-2-8-27-14;/h4-5,9,12,14,17,21H,2-3,6-8,10-11H2,1H3,(H,22,24);1H. The summed E-state index contributed by atoms with van der Waals surface area (Å²) < 4.78 is 5.55. The van der Waals surface area contributed by atoms with E-state index in [9.17, 15) is 14.4 Å². The number of ether oxygens (including phenoxy) is 1. The monoisotopic (exact) mass is 407 g/mol. The lowest BCUT2D eigenvalue weighted by Crippen LogP contribution is -2.50. The van der Waals surface area contributed by atoms with Gasteiger partial charge in [0, 0.05) is 24.8 Å². The smallest absolute Gasteiger partial charge is 0.261 e. The van der Waals surface area contributed by atoms with Crippen LogP contribution < -0.4 is 10.6 Å². The molecule has 1 aromatic carbocycles. The molecule has 0 aliphatic carbocycles.